The van der Waals surface area contributed by atoms with Crippen LogP contribution in [-0.4, -0.2) is 34.4 Å². The summed E-state index contributed by atoms with van der Waals surface area (Å²) in [4.78, 5) is 45.8. The third kappa shape index (κ3) is 6.80. The number of aryl methyl sites for hydroxylation is 1. The Morgan fingerprint density at radius 1 is 1.15 bits per heavy atom. The lowest BCUT2D eigenvalue weighted by molar-refractivity contribution is -0.109. The Morgan fingerprint density at radius 2 is 1.82 bits per heavy atom. The lowest BCUT2D eigenvalue weighted by atomic mass is 10.1. The number of urea groups is 1. The molecular formula is C21H20BrClN6O4. The van der Waals surface area contributed by atoms with Crippen LogP contribution in [0.15, 0.2) is 65.4 Å². The second-order valence-corrected chi connectivity index (χ2v) is 7.39. The van der Waals surface area contributed by atoms with Crippen LogP contribution in [0, 0.1) is 6.92 Å². The number of nitrogens with two attached hydrogens (primary N) is 1. The van der Waals surface area contributed by atoms with E-state index in [9.17, 15) is 14.4 Å². The Bertz CT molecular complexity index is 1120. The Balaban J connectivity index is 0.00000385. The molecule has 0 aliphatic carbocycles. The van der Waals surface area contributed by atoms with Gasteiger partial charge in [0.1, 0.15) is 11.9 Å². The first kappa shape index (κ1) is 25.9. The first-order valence-corrected chi connectivity index (χ1v) is 10.1. The van der Waals surface area contributed by atoms with E-state index in [1.807, 2.05) is 0 Å². The maximum atomic E-state index is 13.2. The number of hydrogen-bond acceptors (Lipinski definition) is 8. The van der Waals surface area contributed by atoms with E-state index < -0.39 is 18.1 Å². The standard InChI is InChI=1S/C21H19BrN6O4.ClH/c1-13-7-8-16(9-17(13)32-20-24-10-15(22)11-25-20)28(21(31)27-26-18(23)12-29)19(30)14-5-3-2-4-6-14;/h2-12,18,26H,23H2,1H3,(H,27,31);1H. The zero-order valence-electron chi connectivity index (χ0n) is 17.3. The van der Waals surface area contributed by atoms with Crippen LogP contribution in [0.4, 0.5) is 10.5 Å². The fourth-order valence-corrected chi connectivity index (χ4v) is 2.77. The van der Waals surface area contributed by atoms with Gasteiger partial charge in [-0.25, -0.2) is 25.1 Å². The van der Waals surface area contributed by atoms with Crippen LogP contribution in [0.3, 0.4) is 0 Å². The normalized spacial score (nSPS) is 11.0. The van der Waals surface area contributed by atoms with Crippen LogP contribution in [-0.2, 0) is 4.79 Å². The predicted molar refractivity (Wildman–Crippen MR) is 127 cm³/mol. The van der Waals surface area contributed by atoms with Crippen LogP contribution in [0.5, 0.6) is 11.8 Å². The molecule has 4 N–H and O–H groups in total. The van der Waals surface area contributed by atoms with Gasteiger partial charge in [0.15, 0.2) is 6.29 Å². The lowest BCUT2D eigenvalue weighted by Crippen LogP contribution is -2.55. The number of carbonyl (C=O) groups is 3. The quantitative estimate of drug-likeness (QED) is 0.238. The topological polar surface area (TPSA) is 140 Å². The number of aromatic nitrogens is 2. The molecule has 3 rings (SSSR count). The number of amides is 3. The van der Waals surface area contributed by atoms with Crippen molar-refractivity contribution in [1.82, 2.24) is 20.8 Å². The van der Waals surface area contributed by atoms with Gasteiger partial charge >= 0.3 is 12.0 Å². The van der Waals surface area contributed by atoms with Gasteiger partial charge in [-0.1, -0.05) is 24.3 Å². The van der Waals surface area contributed by atoms with Gasteiger partial charge in [0.25, 0.3) is 5.91 Å². The van der Waals surface area contributed by atoms with Gasteiger partial charge in [0, 0.05) is 24.0 Å². The Morgan fingerprint density at radius 3 is 2.45 bits per heavy atom. The van der Waals surface area contributed by atoms with Gasteiger partial charge < -0.3 is 15.3 Å². The number of hydrazine groups is 1. The third-order valence-corrected chi connectivity index (χ3v) is 4.56. The molecule has 1 aromatic heterocycles. The molecule has 0 aliphatic heterocycles. The minimum absolute atomic E-state index is 0. The summed E-state index contributed by atoms with van der Waals surface area (Å²) in [6.45, 7) is 1.80. The van der Waals surface area contributed by atoms with Crippen molar-refractivity contribution < 1.29 is 19.1 Å². The molecule has 12 heteroatoms. The number of hydrogen-bond donors (Lipinski definition) is 3. The van der Waals surface area contributed by atoms with E-state index in [0.29, 0.717) is 16.5 Å². The molecule has 172 valence electrons. The summed E-state index contributed by atoms with van der Waals surface area (Å²) in [5, 5.41) is 0. The molecule has 3 amide bonds. The van der Waals surface area contributed by atoms with Crippen molar-refractivity contribution in [3.63, 3.8) is 0 Å². The van der Waals surface area contributed by atoms with Crippen LogP contribution >= 0.6 is 28.3 Å². The summed E-state index contributed by atoms with van der Waals surface area (Å²) in [5.74, 6) is -0.250. The molecule has 0 saturated heterocycles. The number of anilines is 1. The molecule has 1 heterocycles. The highest BCUT2D eigenvalue weighted by Gasteiger charge is 2.26. The number of carbonyl (C=O) groups excluding carboxylic acids is 3. The number of rotatable bonds is 7. The number of benzene rings is 2. The van der Waals surface area contributed by atoms with Crippen molar-refractivity contribution in [2.75, 3.05) is 4.90 Å². The summed E-state index contributed by atoms with van der Waals surface area (Å²) < 4.78 is 6.43. The first-order valence-electron chi connectivity index (χ1n) is 9.31. The summed E-state index contributed by atoms with van der Waals surface area (Å²) >= 11 is 3.25. The van der Waals surface area contributed by atoms with Gasteiger partial charge in [0.05, 0.1) is 10.2 Å². The van der Waals surface area contributed by atoms with Gasteiger partial charge in [0.2, 0.25) is 0 Å². The fourth-order valence-electron chi connectivity index (χ4n) is 2.56. The monoisotopic (exact) mass is 534 g/mol. The maximum Gasteiger partial charge on any atom is 0.343 e. The summed E-state index contributed by atoms with van der Waals surface area (Å²) in [7, 11) is 0. The highest BCUT2D eigenvalue weighted by molar-refractivity contribution is 9.10. The van der Waals surface area contributed by atoms with Gasteiger partial charge in [-0.15, -0.1) is 12.4 Å². The second kappa shape index (κ2) is 12.0. The molecule has 2 aromatic carbocycles. The van der Waals surface area contributed by atoms with Crippen molar-refractivity contribution in [3.8, 4) is 11.8 Å². The molecule has 10 nitrogen and oxygen atoms in total. The van der Waals surface area contributed by atoms with Crippen molar-refractivity contribution in [2.45, 2.75) is 13.1 Å². The Hall–Kier alpha value is -3.38. The minimum Gasteiger partial charge on any atom is -0.424 e. The van der Waals surface area contributed by atoms with Crippen LogP contribution < -0.4 is 26.2 Å². The van der Waals surface area contributed by atoms with E-state index in [2.05, 4.69) is 36.7 Å². The van der Waals surface area contributed by atoms with E-state index in [0.717, 1.165) is 10.5 Å². The first-order chi connectivity index (χ1) is 15.4. The molecular weight excluding hydrogens is 516 g/mol. The molecule has 0 radical (unpaired) electrons. The molecule has 0 spiro atoms. The number of nitrogens with one attached hydrogen (secondary N) is 2. The zero-order chi connectivity index (χ0) is 23.1. The Labute approximate surface area is 204 Å². The maximum absolute atomic E-state index is 13.2. The minimum atomic E-state index is -1.14. The Kier molecular flexibility index (Phi) is 9.43. The number of aldehydes is 1. The molecule has 1 atom stereocenters. The molecule has 0 aliphatic rings. The van der Waals surface area contributed by atoms with Crippen molar-refractivity contribution >= 4 is 52.2 Å². The highest BCUT2D eigenvalue weighted by Crippen LogP contribution is 2.29. The molecule has 33 heavy (non-hydrogen) atoms. The van der Waals surface area contributed by atoms with Crippen molar-refractivity contribution in [2.24, 2.45) is 5.73 Å². The smallest absolute Gasteiger partial charge is 0.343 e. The van der Waals surface area contributed by atoms with Crippen LogP contribution in [0.1, 0.15) is 15.9 Å². The predicted octanol–water partition coefficient (Wildman–Crippen LogP) is 3.11. The van der Waals surface area contributed by atoms with E-state index in [1.54, 1.807) is 49.4 Å². The SMILES string of the molecule is Cc1ccc(N(C(=O)NNC(N)C=O)C(=O)c2ccccc2)cc1Oc1ncc(Br)cn1.Cl. The van der Waals surface area contributed by atoms with Crippen molar-refractivity contribution in [3.05, 3.63) is 76.5 Å². The van der Waals surface area contributed by atoms with Gasteiger partial charge in [-0.2, -0.15) is 0 Å². The highest BCUT2D eigenvalue weighted by atomic mass is 79.9. The van der Waals surface area contributed by atoms with E-state index >= 15 is 0 Å². The average molecular weight is 536 g/mol. The summed E-state index contributed by atoms with van der Waals surface area (Å²) in [5.41, 5.74) is 11.3. The fraction of sp³-hybridized carbons (Fsp3) is 0.0952. The lowest BCUT2D eigenvalue weighted by Gasteiger charge is -2.23. The van der Waals surface area contributed by atoms with Crippen molar-refractivity contribution in [1.29, 1.82) is 0 Å². The van der Waals surface area contributed by atoms with Crippen LogP contribution in [0.2, 0.25) is 0 Å². The zero-order valence-corrected chi connectivity index (χ0v) is 19.7. The number of imide groups is 1. The third-order valence-electron chi connectivity index (χ3n) is 4.15. The van der Waals surface area contributed by atoms with Gasteiger partial charge in [-0.3, -0.25) is 10.2 Å². The number of nitrogens with zero attached hydrogens (tertiary/aromatic N) is 3. The number of halogens is 2. The van der Waals surface area contributed by atoms with E-state index in [-0.39, 0.29) is 29.7 Å². The average Bonchev–Trinajstić information content (AvgIpc) is 2.81. The molecule has 0 bridgehead atoms. The number of ether oxygens (including phenoxy) is 1. The largest absolute Gasteiger partial charge is 0.424 e. The van der Waals surface area contributed by atoms with E-state index in [1.165, 1.54) is 18.5 Å². The van der Waals surface area contributed by atoms with E-state index in [4.69, 9.17) is 10.5 Å². The van der Waals surface area contributed by atoms with Crippen LogP contribution in [0.25, 0.3) is 0 Å². The second-order valence-electron chi connectivity index (χ2n) is 6.48. The molecule has 0 fully saturated rings. The molecule has 3 aromatic rings. The summed E-state index contributed by atoms with van der Waals surface area (Å²) in [6.07, 6.45) is 2.32. The molecule has 0 saturated carbocycles. The molecule has 1 unspecified atom stereocenters. The van der Waals surface area contributed by atoms with Gasteiger partial charge in [-0.05, 0) is 46.6 Å². The summed E-state index contributed by atoms with van der Waals surface area (Å²) in [6, 6.07) is 12.3.